The molecular weight excluding hydrogens is 692 g/mol. The van der Waals surface area contributed by atoms with Gasteiger partial charge in [-0.3, -0.25) is 10.2 Å². The molecule has 2 saturated carbocycles. The maximum Gasteiger partial charge on any atom is 0.437 e. The number of para-hydroxylation sites is 1. The van der Waals surface area contributed by atoms with Gasteiger partial charge in [0.25, 0.3) is 0 Å². The summed E-state index contributed by atoms with van der Waals surface area (Å²) in [5, 5.41) is 7.36. The van der Waals surface area contributed by atoms with E-state index in [2.05, 4.69) is 38.2 Å². The first-order valence-electron chi connectivity index (χ1n) is 20.9. The molecule has 1 aromatic rings. The van der Waals surface area contributed by atoms with Crippen molar-refractivity contribution in [3.8, 4) is 0 Å². The van der Waals surface area contributed by atoms with Gasteiger partial charge in [-0.15, -0.1) is 0 Å². The van der Waals surface area contributed by atoms with E-state index in [0.717, 1.165) is 51.4 Å². The standard InChI is InChI=1S/C40H56N2O10.C2H6/c1-22-12-14-30-24(3)32(44-34-39(30)28(22)16-18-37(5,46-34)49-51-39)20-27(42-48-36(43)41-26-10-8-7-9-11-26)21-33-25(4)31-15-13-23(2)29-17-19-38(6)47-35(45-33)40(29,31)52-50-38;1-2/h7-11,22-25,28-35H,12-21H2,1-6H3,(H,41,43);1-2H3/t22-,23-,24-,25-,28+,29+,30+,31+,32-,33-,34-,35-,37-,38-,39-,40-;/m1./s1. The third kappa shape index (κ3) is 6.35. The van der Waals surface area contributed by atoms with Crippen LogP contribution in [0.2, 0.25) is 0 Å². The summed E-state index contributed by atoms with van der Waals surface area (Å²) in [4.78, 5) is 43.6. The molecule has 1 N–H and O–H groups in total. The Morgan fingerprint density at radius 3 is 1.67 bits per heavy atom. The first-order valence-corrected chi connectivity index (χ1v) is 20.9. The minimum absolute atomic E-state index is 0.101. The number of oxime groups is 1. The Balaban J connectivity index is 0.00000203. The SMILES string of the molecule is CC.C[C@H]1[C@@H](CC(C[C@H]2O[C@@H]3O[C@@]4(C)CC[C@H]5[C@H](C)CC[C@@H]([C@H]2C)[C@@]35OO4)=NOC(=O)Nc2ccccc2)O[C@@H]2O[C@@]3(C)CC[C@H]4[C@H](C)CC[C@@H]1[C@@]24OO3. The summed E-state index contributed by atoms with van der Waals surface area (Å²) in [6.07, 6.45) is 6.23. The molecule has 2 aliphatic carbocycles. The van der Waals surface area contributed by atoms with Gasteiger partial charge in [0.2, 0.25) is 11.6 Å². The number of nitrogens with one attached hydrogen (secondary N) is 1. The molecule has 10 aliphatic rings. The topological polar surface area (TPSA) is 125 Å². The van der Waals surface area contributed by atoms with Crippen molar-refractivity contribution in [1.82, 2.24) is 0 Å². The highest BCUT2D eigenvalue weighted by molar-refractivity contribution is 5.88. The molecule has 4 bridgehead atoms. The molecule has 8 saturated heterocycles. The summed E-state index contributed by atoms with van der Waals surface area (Å²) in [7, 11) is 0. The summed E-state index contributed by atoms with van der Waals surface area (Å²) >= 11 is 0. The second-order valence-electron chi connectivity index (χ2n) is 17.8. The first kappa shape index (κ1) is 38.7. The highest BCUT2D eigenvalue weighted by atomic mass is 17.3. The zero-order chi connectivity index (χ0) is 38.0. The first-order chi connectivity index (χ1) is 25.9. The molecule has 8 heterocycles. The molecule has 10 fully saturated rings. The molecule has 8 aliphatic heterocycles. The average molecular weight is 755 g/mol. The summed E-state index contributed by atoms with van der Waals surface area (Å²) in [5.41, 5.74) is -0.00564. The quantitative estimate of drug-likeness (QED) is 0.130. The van der Waals surface area contributed by atoms with E-state index in [0.29, 0.717) is 36.1 Å². The van der Waals surface area contributed by atoms with Crippen molar-refractivity contribution in [3.05, 3.63) is 30.3 Å². The van der Waals surface area contributed by atoms with Crippen LogP contribution in [0.3, 0.4) is 0 Å². The third-order valence-electron chi connectivity index (χ3n) is 14.7. The minimum Gasteiger partial charge on any atom is -0.345 e. The van der Waals surface area contributed by atoms with Crippen molar-refractivity contribution < 1.29 is 48.1 Å². The number of rotatable bonds is 6. The van der Waals surface area contributed by atoms with E-state index in [9.17, 15) is 4.79 Å². The van der Waals surface area contributed by atoms with E-state index in [-0.39, 0.29) is 47.7 Å². The molecule has 16 atom stereocenters. The van der Waals surface area contributed by atoms with Gasteiger partial charge in [0.1, 0.15) is 0 Å². The van der Waals surface area contributed by atoms with Crippen LogP contribution in [-0.4, -0.2) is 59.4 Å². The van der Waals surface area contributed by atoms with Gasteiger partial charge in [0.05, 0.1) is 17.9 Å². The molecule has 1 aromatic carbocycles. The molecule has 300 valence electrons. The van der Waals surface area contributed by atoms with Crippen molar-refractivity contribution in [3.63, 3.8) is 0 Å². The van der Waals surface area contributed by atoms with Crippen LogP contribution in [0.15, 0.2) is 35.5 Å². The van der Waals surface area contributed by atoms with Crippen LogP contribution in [0.1, 0.15) is 120 Å². The van der Waals surface area contributed by atoms with E-state index in [1.807, 2.05) is 58.0 Å². The number of anilines is 1. The highest BCUT2D eigenvalue weighted by Crippen LogP contribution is 2.62. The number of nitrogens with zero attached hydrogens (tertiary/aromatic N) is 1. The lowest BCUT2D eigenvalue weighted by Crippen LogP contribution is -2.70. The Hall–Kier alpha value is -2.16. The van der Waals surface area contributed by atoms with Crippen LogP contribution in [0, 0.1) is 47.3 Å². The lowest BCUT2D eigenvalue weighted by Gasteiger charge is -2.61. The Morgan fingerprint density at radius 1 is 0.704 bits per heavy atom. The van der Waals surface area contributed by atoms with Crippen LogP contribution in [0.25, 0.3) is 0 Å². The van der Waals surface area contributed by atoms with Crippen molar-refractivity contribution in [2.24, 2.45) is 52.5 Å². The Kier molecular flexibility index (Phi) is 10.5. The fraction of sp³-hybridized carbons (Fsp3) is 0.810. The number of carbonyl (C=O) groups is 1. The largest absolute Gasteiger partial charge is 0.437 e. The zero-order valence-corrected chi connectivity index (χ0v) is 33.4. The van der Waals surface area contributed by atoms with Gasteiger partial charge in [0.15, 0.2) is 23.8 Å². The highest BCUT2D eigenvalue weighted by Gasteiger charge is 2.71. The number of carbonyl (C=O) groups excluding carboxylic acids is 1. The summed E-state index contributed by atoms with van der Waals surface area (Å²) in [5.74, 6) is 0.303. The zero-order valence-electron chi connectivity index (χ0n) is 33.4. The fourth-order valence-corrected chi connectivity index (χ4v) is 11.8. The van der Waals surface area contributed by atoms with Crippen molar-refractivity contribution in [2.45, 2.75) is 167 Å². The van der Waals surface area contributed by atoms with Gasteiger partial charge in [0, 0.05) is 43.2 Å². The average Bonchev–Trinajstić information content (AvgIpc) is 3.54. The second kappa shape index (κ2) is 14.7. The molecule has 0 radical (unpaired) electrons. The van der Waals surface area contributed by atoms with Crippen LogP contribution in [-0.2, 0) is 43.3 Å². The molecule has 0 aromatic heterocycles. The van der Waals surface area contributed by atoms with Crippen molar-refractivity contribution in [2.75, 3.05) is 5.32 Å². The lowest BCUT2D eigenvalue weighted by molar-refractivity contribution is -0.571. The van der Waals surface area contributed by atoms with E-state index >= 15 is 0 Å². The van der Waals surface area contributed by atoms with Gasteiger partial charge in [-0.05, 0) is 100 Å². The number of hydrogen-bond donors (Lipinski definition) is 1. The summed E-state index contributed by atoms with van der Waals surface area (Å²) in [6, 6.07) is 9.22. The normalized spacial score (nSPS) is 48.4. The summed E-state index contributed by atoms with van der Waals surface area (Å²) < 4.78 is 27.3. The number of benzene rings is 1. The molecule has 1 amide bonds. The Morgan fingerprint density at radius 2 is 1.19 bits per heavy atom. The predicted molar refractivity (Wildman–Crippen MR) is 198 cm³/mol. The van der Waals surface area contributed by atoms with E-state index in [1.54, 1.807) is 0 Å². The molecule has 0 unspecified atom stereocenters. The van der Waals surface area contributed by atoms with Gasteiger partial charge >= 0.3 is 6.09 Å². The van der Waals surface area contributed by atoms with Crippen LogP contribution < -0.4 is 5.32 Å². The predicted octanol–water partition coefficient (Wildman–Crippen LogP) is 8.90. The molecule has 12 nitrogen and oxygen atoms in total. The van der Waals surface area contributed by atoms with Gasteiger partial charge in [-0.1, -0.05) is 64.9 Å². The molecule has 11 rings (SSSR count). The Bertz CT molecular complexity index is 1470. The van der Waals surface area contributed by atoms with Gasteiger partial charge in [-0.25, -0.2) is 24.3 Å². The van der Waals surface area contributed by atoms with Crippen molar-refractivity contribution in [1.29, 1.82) is 0 Å². The smallest absolute Gasteiger partial charge is 0.345 e. The van der Waals surface area contributed by atoms with Crippen LogP contribution >= 0.6 is 0 Å². The minimum atomic E-state index is -0.866. The number of ether oxygens (including phenoxy) is 4. The van der Waals surface area contributed by atoms with Gasteiger partial charge < -0.3 is 18.9 Å². The fourth-order valence-electron chi connectivity index (χ4n) is 11.8. The molecule has 54 heavy (non-hydrogen) atoms. The maximum atomic E-state index is 13.1. The van der Waals surface area contributed by atoms with Gasteiger partial charge in [-0.2, -0.15) is 0 Å². The van der Waals surface area contributed by atoms with Crippen molar-refractivity contribution >= 4 is 17.5 Å². The number of fused-ring (bicyclic) bond motifs is 4. The third-order valence-corrected chi connectivity index (χ3v) is 14.7. The maximum absolute atomic E-state index is 13.1. The Labute approximate surface area is 320 Å². The second-order valence-corrected chi connectivity index (χ2v) is 17.8. The lowest BCUT2D eigenvalue weighted by atomic mass is 9.57. The molecular formula is C42H62N2O10. The number of amides is 1. The van der Waals surface area contributed by atoms with E-state index in [1.165, 1.54) is 0 Å². The summed E-state index contributed by atoms with van der Waals surface area (Å²) in [6.45, 7) is 17.0. The van der Waals surface area contributed by atoms with E-state index in [4.69, 9.17) is 43.3 Å². The molecule has 12 heteroatoms. The monoisotopic (exact) mass is 754 g/mol. The number of hydrogen-bond acceptors (Lipinski definition) is 11. The molecule has 2 spiro atoms. The van der Waals surface area contributed by atoms with Crippen LogP contribution in [0.4, 0.5) is 10.5 Å². The van der Waals surface area contributed by atoms with Crippen LogP contribution in [0.5, 0.6) is 0 Å². The van der Waals surface area contributed by atoms with E-state index < -0.39 is 41.4 Å².